The van der Waals surface area contributed by atoms with Gasteiger partial charge in [-0.05, 0) is 56.4 Å². The van der Waals surface area contributed by atoms with Gasteiger partial charge in [-0.15, -0.1) is 0 Å². The van der Waals surface area contributed by atoms with Gasteiger partial charge in [0.25, 0.3) is 5.91 Å². The quantitative estimate of drug-likeness (QED) is 0.754. The van der Waals surface area contributed by atoms with Gasteiger partial charge in [-0.2, -0.15) is 0 Å². The lowest BCUT2D eigenvalue weighted by Gasteiger charge is -2.30. The molecule has 1 aliphatic heterocycles. The first-order valence-corrected chi connectivity index (χ1v) is 11.8. The van der Waals surface area contributed by atoms with Gasteiger partial charge in [-0.1, -0.05) is 36.8 Å². The van der Waals surface area contributed by atoms with E-state index in [9.17, 15) is 13.2 Å². The van der Waals surface area contributed by atoms with Crippen LogP contribution in [0.4, 0.5) is 0 Å². The van der Waals surface area contributed by atoms with Gasteiger partial charge in [0.15, 0.2) is 0 Å². The molecule has 1 saturated heterocycles. The first-order chi connectivity index (χ1) is 14.2. The van der Waals surface area contributed by atoms with Crippen molar-refractivity contribution in [1.29, 1.82) is 0 Å². The van der Waals surface area contributed by atoms with Crippen LogP contribution in [0.15, 0.2) is 47.4 Å². The van der Waals surface area contributed by atoms with Crippen molar-refractivity contribution >= 4 is 15.9 Å². The van der Waals surface area contributed by atoms with E-state index in [-0.39, 0.29) is 16.4 Å². The Hall–Kier alpha value is -2.38. The molecule has 0 aliphatic carbocycles. The maximum absolute atomic E-state index is 13.1. The van der Waals surface area contributed by atoms with Crippen LogP contribution in [-0.2, 0) is 10.0 Å². The SMILES string of the molecule is COc1ccc(S(=O)(=O)N[C@@H](C)c2ccc(C)cc2)cc1C(=O)N1CCC(C)CC1. The van der Waals surface area contributed by atoms with Crippen molar-refractivity contribution in [3.8, 4) is 5.75 Å². The lowest BCUT2D eigenvalue weighted by Crippen LogP contribution is -2.38. The average molecular weight is 431 g/mol. The summed E-state index contributed by atoms with van der Waals surface area (Å²) in [7, 11) is -2.33. The Labute approximate surface area is 179 Å². The molecule has 1 N–H and O–H groups in total. The first kappa shape index (κ1) is 22.3. The molecule has 0 bridgehead atoms. The summed E-state index contributed by atoms with van der Waals surface area (Å²) in [6.45, 7) is 7.30. The monoisotopic (exact) mass is 430 g/mol. The van der Waals surface area contributed by atoms with E-state index in [0.29, 0.717) is 24.8 Å². The maximum atomic E-state index is 13.1. The average Bonchev–Trinajstić information content (AvgIpc) is 2.73. The summed E-state index contributed by atoms with van der Waals surface area (Å²) in [5, 5.41) is 0. The molecule has 162 valence electrons. The first-order valence-electron chi connectivity index (χ1n) is 10.3. The van der Waals surface area contributed by atoms with E-state index in [1.807, 2.05) is 31.2 Å². The fourth-order valence-corrected chi connectivity index (χ4v) is 4.89. The number of piperidine rings is 1. The number of likely N-dealkylation sites (tertiary alicyclic amines) is 1. The van der Waals surface area contributed by atoms with E-state index in [1.165, 1.54) is 19.2 Å². The summed E-state index contributed by atoms with van der Waals surface area (Å²) in [5.41, 5.74) is 2.26. The number of aryl methyl sites for hydroxylation is 1. The zero-order valence-electron chi connectivity index (χ0n) is 18.0. The summed E-state index contributed by atoms with van der Waals surface area (Å²) in [4.78, 5) is 14.9. The number of nitrogens with one attached hydrogen (secondary N) is 1. The minimum absolute atomic E-state index is 0.0518. The van der Waals surface area contributed by atoms with Gasteiger partial charge >= 0.3 is 0 Å². The standard InChI is InChI=1S/C23H30N2O4S/c1-16-5-7-19(8-6-16)18(3)24-30(27,28)20-9-10-22(29-4)21(15-20)23(26)25-13-11-17(2)12-14-25/h5-10,15,17-18,24H,11-14H2,1-4H3/t18-/m0/s1. The molecule has 6 nitrogen and oxygen atoms in total. The highest BCUT2D eigenvalue weighted by Gasteiger charge is 2.26. The molecule has 1 amide bonds. The van der Waals surface area contributed by atoms with Crippen LogP contribution in [0, 0.1) is 12.8 Å². The molecule has 1 aliphatic rings. The topological polar surface area (TPSA) is 75.7 Å². The number of carbonyl (C=O) groups excluding carboxylic acids is 1. The maximum Gasteiger partial charge on any atom is 0.257 e. The van der Waals surface area contributed by atoms with Crippen LogP contribution >= 0.6 is 0 Å². The van der Waals surface area contributed by atoms with Crippen molar-refractivity contribution in [2.75, 3.05) is 20.2 Å². The molecule has 2 aromatic carbocycles. The van der Waals surface area contributed by atoms with E-state index in [0.717, 1.165) is 24.0 Å². The molecule has 1 fully saturated rings. The minimum Gasteiger partial charge on any atom is -0.496 e. The number of benzene rings is 2. The van der Waals surface area contributed by atoms with Crippen LogP contribution in [0.25, 0.3) is 0 Å². The second-order valence-corrected chi connectivity index (χ2v) is 9.80. The number of amides is 1. The summed E-state index contributed by atoms with van der Waals surface area (Å²) in [6, 6.07) is 11.7. The van der Waals surface area contributed by atoms with E-state index < -0.39 is 16.1 Å². The number of hydrogen-bond acceptors (Lipinski definition) is 4. The van der Waals surface area contributed by atoms with Crippen molar-refractivity contribution < 1.29 is 17.9 Å². The van der Waals surface area contributed by atoms with Gasteiger partial charge in [-0.25, -0.2) is 13.1 Å². The summed E-state index contributed by atoms with van der Waals surface area (Å²) >= 11 is 0. The predicted molar refractivity (Wildman–Crippen MR) is 117 cm³/mol. The van der Waals surface area contributed by atoms with E-state index in [2.05, 4.69) is 11.6 Å². The van der Waals surface area contributed by atoms with Crippen molar-refractivity contribution in [3.05, 3.63) is 59.2 Å². The Balaban J connectivity index is 1.85. The molecule has 1 atom stereocenters. The van der Waals surface area contributed by atoms with Crippen molar-refractivity contribution in [3.63, 3.8) is 0 Å². The Morgan fingerprint density at radius 2 is 1.77 bits per heavy atom. The van der Waals surface area contributed by atoms with Gasteiger partial charge in [0.2, 0.25) is 10.0 Å². The summed E-state index contributed by atoms with van der Waals surface area (Å²) in [6.07, 6.45) is 1.89. The van der Waals surface area contributed by atoms with Crippen LogP contribution in [0.5, 0.6) is 5.75 Å². The Kier molecular flexibility index (Phi) is 6.83. The van der Waals surface area contributed by atoms with Crippen molar-refractivity contribution in [1.82, 2.24) is 9.62 Å². The van der Waals surface area contributed by atoms with E-state index >= 15 is 0 Å². The lowest BCUT2D eigenvalue weighted by atomic mass is 9.98. The minimum atomic E-state index is -3.81. The molecule has 3 rings (SSSR count). The molecule has 30 heavy (non-hydrogen) atoms. The zero-order valence-corrected chi connectivity index (χ0v) is 18.8. The Morgan fingerprint density at radius 3 is 2.37 bits per heavy atom. The molecule has 0 saturated carbocycles. The van der Waals surface area contributed by atoms with Gasteiger partial charge in [0.05, 0.1) is 17.6 Å². The summed E-state index contributed by atoms with van der Waals surface area (Å²) < 4.78 is 34.0. The number of ether oxygens (including phenoxy) is 1. The molecule has 7 heteroatoms. The number of sulfonamides is 1. The number of nitrogens with zero attached hydrogens (tertiary/aromatic N) is 1. The fraction of sp³-hybridized carbons (Fsp3) is 0.435. The lowest BCUT2D eigenvalue weighted by molar-refractivity contribution is 0.0693. The third-order valence-corrected chi connectivity index (χ3v) is 7.23. The van der Waals surface area contributed by atoms with Crippen LogP contribution < -0.4 is 9.46 Å². The van der Waals surface area contributed by atoms with Gasteiger partial charge < -0.3 is 9.64 Å². The Morgan fingerprint density at radius 1 is 1.13 bits per heavy atom. The molecule has 2 aromatic rings. The Bertz CT molecular complexity index is 994. The zero-order chi connectivity index (χ0) is 21.9. The van der Waals surface area contributed by atoms with E-state index in [1.54, 1.807) is 17.9 Å². The fourth-order valence-electron chi connectivity index (χ4n) is 3.63. The molecule has 1 heterocycles. The predicted octanol–water partition coefficient (Wildman–Crippen LogP) is 3.92. The number of methoxy groups -OCH3 is 1. The number of hydrogen-bond donors (Lipinski definition) is 1. The highest BCUT2D eigenvalue weighted by molar-refractivity contribution is 7.89. The molecular weight excluding hydrogens is 400 g/mol. The number of rotatable bonds is 6. The van der Waals surface area contributed by atoms with Gasteiger partial charge in [0, 0.05) is 19.1 Å². The normalized spacial score (nSPS) is 16.3. The second kappa shape index (κ2) is 9.18. The number of carbonyl (C=O) groups is 1. The van der Waals surface area contributed by atoms with Crippen molar-refractivity contribution in [2.45, 2.75) is 44.6 Å². The van der Waals surface area contributed by atoms with Gasteiger partial charge in [-0.3, -0.25) is 4.79 Å². The van der Waals surface area contributed by atoms with Crippen LogP contribution in [0.2, 0.25) is 0 Å². The third kappa shape index (κ3) is 5.02. The van der Waals surface area contributed by atoms with Crippen LogP contribution in [0.3, 0.4) is 0 Å². The van der Waals surface area contributed by atoms with E-state index in [4.69, 9.17) is 4.74 Å². The van der Waals surface area contributed by atoms with Crippen LogP contribution in [0.1, 0.15) is 54.2 Å². The molecule has 0 unspecified atom stereocenters. The highest BCUT2D eigenvalue weighted by atomic mass is 32.2. The summed E-state index contributed by atoms with van der Waals surface area (Å²) in [5.74, 6) is 0.779. The second-order valence-electron chi connectivity index (χ2n) is 8.09. The molecule has 0 aromatic heterocycles. The molecule has 0 radical (unpaired) electrons. The van der Waals surface area contributed by atoms with Crippen molar-refractivity contribution in [2.24, 2.45) is 5.92 Å². The van der Waals surface area contributed by atoms with Gasteiger partial charge in [0.1, 0.15) is 5.75 Å². The third-order valence-electron chi connectivity index (χ3n) is 5.69. The largest absolute Gasteiger partial charge is 0.496 e. The molecule has 0 spiro atoms. The van der Waals surface area contributed by atoms with Crippen LogP contribution in [-0.4, -0.2) is 39.4 Å². The highest BCUT2D eigenvalue weighted by Crippen LogP contribution is 2.27. The smallest absolute Gasteiger partial charge is 0.257 e. The molecular formula is C23H30N2O4S.